The number of hydrogen-bond acceptors (Lipinski definition) is 9. The Balaban J connectivity index is 0.00000109. The smallest absolute Gasteiger partial charge is 0.489 e. The maximum Gasteiger partial charge on any atom is 0.490 e. The number of likely N-dealkylation sites (tertiary alicyclic amines) is 1. The van der Waals surface area contributed by atoms with Crippen LogP contribution in [-0.2, 0) is 19.2 Å². The Morgan fingerprint density at radius 1 is 1.09 bits per heavy atom. The summed E-state index contributed by atoms with van der Waals surface area (Å²) in [7, 11) is 0. The number of nitrogens with one attached hydrogen (secondary N) is 1. The normalized spacial score (nSPS) is 18.2. The third kappa shape index (κ3) is 17.2. The van der Waals surface area contributed by atoms with Crippen LogP contribution in [0.5, 0.6) is 5.75 Å². The number of halogens is 6. The predicted octanol–water partition coefficient (Wildman–Crippen LogP) is 2.91. The first-order chi connectivity index (χ1) is 20.3. The maximum absolute atomic E-state index is 12.9. The molecule has 0 saturated carbocycles. The van der Waals surface area contributed by atoms with Gasteiger partial charge in [0.05, 0.1) is 6.04 Å². The zero-order chi connectivity index (χ0) is 34.1. The van der Waals surface area contributed by atoms with Crippen LogP contribution in [0.25, 0.3) is 0 Å². The molecule has 2 rings (SSSR count). The van der Waals surface area contributed by atoms with E-state index in [9.17, 15) is 41.0 Å². The molecule has 0 aliphatic carbocycles. The number of aliphatic carboxylic acids is 3. The summed E-state index contributed by atoms with van der Waals surface area (Å²) in [4.78, 5) is 44.3. The van der Waals surface area contributed by atoms with Gasteiger partial charge in [-0.1, -0.05) is 30.4 Å². The monoisotopic (exact) mass is 681 g/mol. The van der Waals surface area contributed by atoms with Gasteiger partial charge >= 0.3 is 30.3 Å². The van der Waals surface area contributed by atoms with E-state index in [1.165, 1.54) is 0 Å². The molecule has 1 heterocycles. The number of ether oxygens (including phenoxy) is 1. The van der Waals surface area contributed by atoms with Crippen molar-refractivity contribution in [3.63, 3.8) is 0 Å². The molecule has 250 valence electrons. The molecule has 1 aliphatic heterocycles. The van der Waals surface area contributed by atoms with Crippen LogP contribution in [0.3, 0.4) is 0 Å². The standard InChI is InChI=1S/C21H31N3O4S2.2C2HF3O2/c1-30-11-9-18(21(26)27)23-20(25)19-12-17(28-16-7-3-2-4-8-16)13-24(19)10-5-6-15(22)14-29;2*3-2(4,5)1(6)7/h2-8,15,17-19,29H,9-14,22H2,1H3,(H,23,25)(H,26,27);2*(H,6,7)/b6-5+;;/t15-,17+,18-,19-;;/m1../s1. The molecule has 0 bridgehead atoms. The quantitative estimate of drug-likeness (QED) is 0.109. The van der Waals surface area contributed by atoms with Crippen LogP contribution in [0.2, 0.25) is 0 Å². The Hall–Kier alpha value is -3.16. The van der Waals surface area contributed by atoms with Gasteiger partial charge in [-0.3, -0.25) is 9.69 Å². The van der Waals surface area contributed by atoms with Crippen LogP contribution in [0, 0.1) is 0 Å². The molecule has 6 N–H and O–H groups in total. The minimum absolute atomic E-state index is 0.150. The highest BCUT2D eigenvalue weighted by atomic mass is 32.2. The molecule has 1 amide bonds. The van der Waals surface area contributed by atoms with Crippen molar-refractivity contribution in [1.82, 2.24) is 10.2 Å². The minimum Gasteiger partial charge on any atom is -0.489 e. The number of thiol groups is 1. The number of carboxylic acid groups (broad SMARTS) is 3. The van der Waals surface area contributed by atoms with Gasteiger partial charge in [-0.2, -0.15) is 50.7 Å². The summed E-state index contributed by atoms with van der Waals surface area (Å²) in [5, 5.41) is 26.4. The zero-order valence-electron chi connectivity index (χ0n) is 23.1. The van der Waals surface area contributed by atoms with Gasteiger partial charge in [-0.15, -0.1) is 0 Å². The molecule has 19 heteroatoms. The van der Waals surface area contributed by atoms with Gasteiger partial charge in [0.2, 0.25) is 5.91 Å². The summed E-state index contributed by atoms with van der Waals surface area (Å²) >= 11 is 5.72. The molecule has 1 aromatic rings. The Bertz CT molecular complexity index is 1060. The average molecular weight is 682 g/mol. The summed E-state index contributed by atoms with van der Waals surface area (Å²) < 4.78 is 69.5. The van der Waals surface area contributed by atoms with E-state index in [0.717, 1.165) is 5.75 Å². The molecule has 1 aromatic carbocycles. The number of hydrogen-bond donors (Lipinski definition) is 6. The SMILES string of the molecule is CSCC[C@@H](NC(=O)[C@H]1C[C@H](Oc2ccccc2)CN1C/C=C/[C@@H](N)CS)C(=O)O.O=C(O)C(F)(F)F.O=C(O)C(F)(F)F. The van der Waals surface area contributed by atoms with E-state index in [1.807, 2.05) is 53.6 Å². The Morgan fingerprint density at radius 2 is 1.61 bits per heavy atom. The fourth-order valence-corrected chi connectivity index (χ4v) is 3.90. The second-order valence-corrected chi connectivity index (χ2v) is 10.2. The first kappa shape index (κ1) is 40.8. The first-order valence-corrected chi connectivity index (χ1v) is 14.5. The van der Waals surface area contributed by atoms with E-state index in [0.29, 0.717) is 37.4 Å². The van der Waals surface area contributed by atoms with Gasteiger partial charge in [0.15, 0.2) is 0 Å². The third-order valence-electron chi connectivity index (χ3n) is 5.36. The molecular weight excluding hydrogens is 648 g/mol. The molecule has 0 radical (unpaired) electrons. The van der Waals surface area contributed by atoms with Crippen LogP contribution in [0.15, 0.2) is 42.5 Å². The molecule has 4 atom stereocenters. The van der Waals surface area contributed by atoms with E-state index in [1.54, 1.807) is 11.8 Å². The fraction of sp³-hybridized carbons (Fsp3) is 0.520. The zero-order valence-corrected chi connectivity index (χ0v) is 24.8. The van der Waals surface area contributed by atoms with Gasteiger partial charge in [-0.05, 0) is 30.6 Å². The van der Waals surface area contributed by atoms with E-state index < -0.39 is 42.3 Å². The first-order valence-electron chi connectivity index (χ1n) is 12.4. The van der Waals surface area contributed by atoms with Crippen LogP contribution in [-0.4, -0.2) is 111 Å². The topological polar surface area (TPSA) is 179 Å². The number of nitrogens with two attached hydrogens (primary N) is 1. The van der Waals surface area contributed by atoms with Gasteiger partial charge in [0.1, 0.15) is 17.9 Å². The average Bonchev–Trinajstić information content (AvgIpc) is 3.33. The number of para-hydroxylation sites is 1. The Kier molecular flexibility index (Phi) is 18.5. The summed E-state index contributed by atoms with van der Waals surface area (Å²) in [6, 6.07) is 7.97. The highest BCUT2D eigenvalue weighted by Crippen LogP contribution is 2.23. The summed E-state index contributed by atoms with van der Waals surface area (Å²) in [5.74, 6) is -4.86. The van der Waals surface area contributed by atoms with Crippen molar-refractivity contribution in [3.8, 4) is 5.75 Å². The van der Waals surface area contributed by atoms with Crippen molar-refractivity contribution >= 4 is 48.2 Å². The lowest BCUT2D eigenvalue weighted by atomic mass is 10.1. The van der Waals surface area contributed by atoms with Crippen LogP contribution < -0.4 is 15.8 Å². The number of amides is 1. The highest BCUT2D eigenvalue weighted by Gasteiger charge is 2.40. The highest BCUT2D eigenvalue weighted by molar-refractivity contribution is 7.98. The van der Waals surface area contributed by atoms with Crippen molar-refractivity contribution in [2.24, 2.45) is 5.73 Å². The number of nitrogens with zero attached hydrogens (tertiary/aromatic N) is 1. The number of alkyl halides is 6. The lowest BCUT2D eigenvalue weighted by molar-refractivity contribution is -0.193. The van der Waals surface area contributed by atoms with E-state index in [4.69, 9.17) is 30.3 Å². The molecule has 1 saturated heterocycles. The van der Waals surface area contributed by atoms with E-state index in [-0.39, 0.29) is 18.1 Å². The number of rotatable bonds is 12. The molecule has 0 unspecified atom stereocenters. The van der Waals surface area contributed by atoms with Crippen molar-refractivity contribution in [3.05, 3.63) is 42.5 Å². The van der Waals surface area contributed by atoms with Gasteiger partial charge in [0.25, 0.3) is 0 Å². The van der Waals surface area contributed by atoms with Crippen LogP contribution in [0.4, 0.5) is 26.3 Å². The summed E-state index contributed by atoms with van der Waals surface area (Å²) in [6.45, 7) is 1.09. The fourth-order valence-electron chi connectivity index (χ4n) is 3.31. The van der Waals surface area contributed by atoms with Crippen molar-refractivity contribution in [2.75, 3.05) is 30.9 Å². The van der Waals surface area contributed by atoms with E-state index >= 15 is 0 Å². The molecule has 1 fully saturated rings. The Morgan fingerprint density at radius 3 is 2.05 bits per heavy atom. The van der Waals surface area contributed by atoms with Crippen molar-refractivity contribution in [1.29, 1.82) is 0 Å². The molecule has 0 aromatic heterocycles. The third-order valence-corrected chi connectivity index (χ3v) is 6.42. The number of carbonyl (C=O) groups excluding carboxylic acids is 1. The minimum atomic E-state index is -5.08. The second kappa shape index (κ2) is 20.0. The predicted molar refractivity (Wildman–Crippen MR) is 152 cm³/mol. The molecule has 44 heavy (non-hydrogen) atoms. The summed E-state index contributed by atoms with van der Waals surface area (Å²) in [6.07, 6.45) is -3.75. The second-order valence-electron chi connectivity index (χ2n) is 8.82. The number of benzene rings is 1. The maximum atomic E-state index is 12.9. The van der Waals surface area contributed by atoms with Crippen molar-refractivity contribution < 1.29 is 65.6 Å². The molecule has 0 spiro atoms. The lowest BCUT2D eigenvalue weighted by Gasteiger charge is -2.24. The molecule has 11 nitrogen and oxygen atoms in total. The number of carboxylic acids is 3. The number of thioether (sulfide) groups is 1. The van der Waals surface area contributed by atoms with Gasteiger partial charge in [-0.25, -0.2) is 14.4 Å². The van der Waals surface area contributed by atoms with E-state index in [2.05, 4.69) is 17.9 Å². The van der Waals surface area contributed by atoms with Gasteiger partial charge < -0.3 is 31.1 Å². The van der Waals surface area contributed by atoms with Crippen LogP contribution >= 0.6 is 24.4 Å². The van der Waals surface area contributed by atoms with Crippen LogP contribution in [0.1, 0.15) is 12.8 Å². The summed E-state index contributed by atoms with van der Waals surface area (Å²) in [5.41, 5.74) is 5.87. The van der Waals surface area contributed by atoms with Gasteiger partial charge in [0, 0.05) is 31.3 Å². The lowest BCUT2D eigenvalue weighted by Crippen LogP contribution is -2.49. The molecule has 1 aliphatic rings. The largest absolute Gasteiger partial charge is 0.490 e. The Labute approximate surface area is 258 Å². The number of carbonyl (C=O) groups is 4. The molecular formula is C25H33F6N3O8S2. The van der Waals surface area contributed by atoms with Crippen molar-refractivity contribution in [2.45, 2.75) is 49.4 Å².